The Bertz CT molecular complexity index is 1490. The first-order valence-electron chi connectivity index (χ1n) is 10.8. The van der Waals surface area contributed by atoms with Gasteiger partial charge in [0.15, 0.2) is 11.1 Å². The molecule has 4 aromatic rings. The van der Waals surface area contributed by atoms with E-state index < -0.39 is 5.69 Å². The summed E-state index contributed by atoms with van der Waals surface area (Å²) in [5.41, 5.74) is 1.64. The molecular weight excluding hydrogens is 460 g/mol. The zero-order valence-corrected chi connectivity index (χ0v) is 18.9. The van der Waals surface area contributed by atoms with Crippen LogP contribution in [0.2, 0.25) is 5.02 Å². The number of halogens is 1. The van der Waals surface area contributed by atoms with E-state index >= 15 is 0 Å². The zero-order chi connectivity index (χ0) is 23.5. The molecule has 0 bridgehead atoms. The molecule has 0 saturated carbocycles. The molecule has 11 nitrogen and oxygen atoms in total. The van der Waals surface area contributed by atoms with Gasteiger partial charge in [0.25, 0.3) is 0 Å². The number of nitrogens with one attached hydrogen (secondary N) is 3. The van der Waals surface area contributed by atoms with Crippen LogP contribution >= 0.6 is 11.6 Å². The van der Waals surface area contributed by atoms with E-state index in [0.29, 0.717) is 33.7 Å². The standard InChI is InChI=1S/C22H23ClN8O3/c23-15-2-1-3-16(11-15)26-18-12-19(24-4-5-30-6-8-34-9-7-30)31-20(28-18)14(13-25-31)10-17-21(32)29-22(33)27-17/h1-3,10-13,26,32H,4-9H2,(H2,27,29,33)/b14-10-,24-19?. The smallest absolute Gasteiger partial charge is 0.326 e. The third-order valence-electron chi connectivity index (χ3n) is 5.41. The van der Waals surface area contributed by atoms with Gasteiger partial charge in [0.05, 0.1) is 26.0 Å². The first-order valence-corrected chi connectivity index (χ1v) is 11.2. The predicted molar refractivity (Wildman–Crippen MR) is 127 cm³/mol. The maximum absolute atomic E-state index is 11.5. The van der Waals surface area contributed by atoms with Gasteiger partial charge in [0, 0.05) is 41.6 Å². The number of rotatable bonds is 6. The number of aromatic hydroxyl groups is 1. The monoisotopic (exact) mass is 482 g/mol. The molecule has 1 saturated heterocycles. The molecule has 4 heterocycles. The number of imidazole rings is 1. The lowest BCUT2D eigenvalue weighted by atomic mass is 10.3. The Morgan fingerprint density at radius 2 is 2.12 bits per heavy atom. The Hall–Kier alpha value is -3.67. The molecule has 0 radical (unpaired) electrons. The van der Waals surface area contributed by atoms with Gasteiger partial charge in [-0.15, -0.1) is 0 Å². The molecule has 12 heteroatoms. The van der Waals surface area contributed by atoms with Gasteiger partial charge in [-0.3, -0.25) is 14.9 Å². The minimum atomic E-state index is -0.504. The molecule has 0 unspecified atom stereocenters. The summed E-state index contributed by atoms with van der Waals surface area (Å²) in [6, 6.07) is 9.15. The van der Waals surface area contributed by atoms with Crippen LogP contribution in [0.3, 0.4) is 0 Å². The van der Waals surface area contributed by atoms with Crippen molar-refractivity contribution in [3.8, 4) is 5.88 Å². The second-order valence-corrected chi connectivity index (χ2v) is 8.23. The quantitative estimate of drug-likeness (QED) is 0.316. The summed E-state index contributed by atoms with van der Waals surface area (Å²) in [6.45, 7) is 4.65. The number of aromatic nitrogens is 5. The molecule has 0 spiro atoms. The summed E-state index contributed by atoms with van der Waals surface area (Å²) < 4.78 is 7.04. The number of hydrogen-bond donors (Lipinski definition) is 4. The molecule has 5 rings (SSSR count). The minimum Gasteiger partial charge on any atom is -0.493 e. The topological polar surface area (TPSA) is 136 Å². The predicted octanol–water partition coefficient (Wildman–Crippen LogP) is 0.629. The van der Waals surface area contributed by atoms with Crippen molar-refractivity contribution in [1.82, 2.24) is 29.5 Å². The van der Waals surface area contributed by atoms with Crippen LogP contribution < -0.4 is 21.7 Å². The van der Waals surface area contributed by atoms with Crippen LogP contribution in [0.15, 0.2) is 46.3 Å². The lowest BCUT2D eigenvalue weighted by Crippen LogP contribution is -2.38. The summed E-state index contributed by atoms with van der Waals surface area (Å²) in [6.07, 6.45) is 3.21. The molecule has 3 aromatic heterocycles. The van der Waals surface area contributed by atoms with E-state index in [2.05, 4.69) is 25.3 Å². The van der Waals surface area contributed by atoms with E-state index in [-0.39, 0.29) is 11.6 Å². The van der Waals surface area contributed by atoms with E-state index in [4.69, 9.17) is 26.3 Å². The van der Waals surface area contributed by atoms with E-state index in [1.807, 2.05) is 18.2 Å². The van der Waals surface area contributed by atoms with Crippen molar-refractivity contribution in [2.45, 2.75) is 0 Å². The Labute approximate surface area is 198 Å². The van der Waals surface area contributed by atoms with Crippen molar-refractivity contribution < 1.29 is 9.84 Å². The van der Waals surface area contributed by atoms with Gasteiger partial charge in [-0.2, -0.15) is 9.61 Å². The largest absolute Gasteiger partial charge is 0.493 e. The van der Waals surface area contributed by atoms with Crippen molar-refractivity contribution in [3.05, 3.63) is 68.4 Å². The summed E-state index contributed by atoms with van der Waals surface area (Å²) in [5.74, 6) is 0.301. The van der Waals surface area contributed by atoms with Gasteiger partial charge >= 0.3 is 5.69 Å². The summed E-state index contributed by atoms with van der Waals surface area (Å²) in [4.78, 5) is 28.1. The van der Waals surface area contributed by atoms with Crippen LogP contribution in [-0.2, 0) is 4.74 Å². The second kappa shape index (κ2) is 9.67. The fraction of sp³-hybridized carbons (Fsp3) is 0.273. The maximum atomic E-state index is 11.5. The van der Waals surface area contributed by atoms with Crippen molar-refractivity contribution >= 4 is 34.8 Å². The molecule has 1 aliphatic heterocycles. The number of ether oxygens (including phenoxy) is 1. The lowest BCUT2D eigenvalue weighted by Gasteiger charge is -2.25. The highest BCUT2D eigenvalue weighted by molar-refractivity contribution is 6.30. The maximum Gasteiger partial charge on any atom is 0.326 e. The molecule has 1 aromatic carbocycles. The highest BCUT2D eigenvalue weighted by atomic mass is 35.5. The number of aromatic amines is 2. The van der Waals surface area contributed by atoms with Gasteiger partial charge in [-0.25, -0.2) is 9.78 Å². The summed E-state index contributed by atoms with van der Waals surface area (Å²) in [7, 11) is 0. The fourth-order valence-corrected chi connectivity index (χ4v) is 3.93. The molecule has 0 atom stereocenters. The van der Waals surface area contributed by atoms with E-state index in [9.17, 15) is 9.90 Å². The van der Waals surface area contributed by atoms with Crippen molar-refractivity contribution in [3.63, 3.8) is 0 Å². The van der Waals surface area contributed by atoms with Crippen LogP contribution in [0.4, 0.5) is 11.5 Å². The van der Waals surface area contributed by atoms with Crippen molar-refractivity contribution in [1.29, 1.82) is 0 Å². The molecule has 4 N–H and O–H groups in total. The molecule has 176 valence electrons. The number of anilines is 2. The van der Waals surface area contributed by atoms with Crippen LogP contribution in [0.5, 0.6) is 5.88 Å². The van der Waals surface area contributed by atoms with E-state index in [1.54, 1.807) is 28.9 Å². The number of morpholine rings is 1. The molecule has 34 heavy (non-hydrogen) atoms. The lowest BCUT2D eigenvalue weighted by molar-refractivity contribution is 0.0393. The van der Waals surface area contributed by atoms with Gasteiger partial charge in [0.2, 0.25) is 5.88 Å². The molecule has 0 aliphatic carbocycles. The Balaban J connectivity index is 1.56. The number of fused-ring (bicyclic) bond motifs is 1. The second-order valence-electron chi connectivity index (χ2n) is 7.79. The summed E-state index contributed by atoms with van der Waals surface area (Å²) >= 11 is 6.13. The minimum absolute atomic E-state index is 0.237. The SMILES string of the molecule is O=c1[nH]c(O)c(/C=c2/cnn3c(=NCCN4CCOCC4)cc(Nc4cccc(Cl)c4)nc23)[nH]1. The number of benzene rings is 1. The average Bonchev–Trinajstić information content (AvgIpc) is 3.36. The molecular formula is C22H23ClN8O3. The third-order valence-corrected chi connectivity index (χ3v) is 5.64. The van der Waals surface area contributed by atoms with Crippen molar-refractivity contribution in [2.24, 2.45) is 4.99 Å². The van der Waals surface area contributed by atoms with Gasteiger partial charge in [0.1, 0.15) is 11.5 Å². The fourth-order valence-electron chi connectivity index (χ4n) is 3.73. The molecule has 1 aliphatic rings. The first kappa shape index (κ1) is 22.1. The van der Waals surface area contributed by atoms with Crippen LogP contribution in [-0.4, -0.2) is 74.0 Å². The number of nitrogens with zero attached hydrogens (tertiary/aromatic N) is 5. The Kier molecular flexibility index (Phi) is 6.30. The highest BCUT2D eigenvalue weighted by Gasteiger charge is 2.11. The van der Waals surface area contributed by atoms with E-state index in [0.717, 1.165) is 38.5 Å². The van der Waals surface area contributed by atoms with Gasteiger partial charge in [-0.1, -0.05) is 17.7 Å². The molecule has 1 fully saturated rings. The average molecular weight is 483 g/mol. The normalized spacial score (nSPS) is 15.9. The Morgan fingerprint density at radius 3 is 2.88 bits per heavy atom. The van der Waals surface area contributed by atoms with Gasteiger partial charge < -0.3 is 20.1 Å². The number of H-pyrrole nitrogens is 2. The highest BCUT2D eigenvalue weighted by Crippen LogP contribution is 2.18. The van der Waals surface area contributed by atoms with Crippen LogP contribution in [0.1, 0.15) is 5.69 Å². The Morgan fingerprint density at radius 1 is 1.26 bits per heavy atom. The van der Waals surface area contributed by atoms with E-state index in [1.165, 1.54) is 0 Å². The number of hydrogen-bond acceptors (Lipinski definition) is 8. The molecule has 0 amide bonds. The van der Waals surface area contributed by atoms with Crippen LogP contribution in [0.25, 0.3) is 11.7 Å². The first-order chi connectivity index (χ1) is 16.5. The summed E-state index contributed by atoms with van der Waals surface area (Å²) in [5, 5.41) is 18.9. The van der Waals surface area contributed by atoms with Crippen LogP contribution in [0, 0.1) is 0 Å². The van der Waals surface area contributed by atoms with Gasteiger partial charge in [-0.05, 0) is 24.3 Å². The third kappa shape index (κ3) is 4.96. The van der Waals surface area contributed by atoms with Crippen molar-refractivity contribution in [2.75, 3.05) is 44.7 Å². The zero-order valence-electron chi connectivity index (χ0n) is 18.2.